The van der Waals surface area contributed by atoms with Gasteiger partial charge in [-0.3, -0.25) is 19.3 Å². The first kappa shape index (κ1) is 26.3. The molecule has 8 nitrogen and oxygen atoms in total. The summed E-state index contributed by atoms with van der Waals surface area (Å²) in [6.07, 6.45) is 1.49. The van der Waals surface area contributed by atoms with Gasteiger partial charge in [0.15, 0.2) is 0 Å². The number of anilines is 2. The van der Waals surface area contributed by atoms with Gasteiger partial charge in [0.2, 0.25) is 0 Å². The van der Waals surface area contributed by atoms with Crippen LogP contribution in [-0.2, 0) is 16.1 Å². The van der Waals surface area contributed by atoms with Gasteiger partial charge < -0.3 is 19.8 Å². The van der Waals surface area contributed by atoms with Crippen LogP contribution in [0.25, 0.3) is 0 Å². The van der Waals surface area contributed by atoms with E-state index in [1.54, 1.807) is 86.0 Å². The zero-order valence-corrected chi connectivity index (χ0v) is 23.0. The van der Waals surface area contributed by atoms with Crippen LogP contribution in [0.2, 0.25) is 0 Å². The van der Waals surface area contributed by atoms with E-state index < -0.39 is 11.8 Å². The third-order valence-electron chi connectivity index (χ3n) is 5.80. The Balaban J connectivity index is 1.41. The minimum atomic E-state index is -0.464. The van der Waals surface area contributed by atoms with Crippen molar-refractivity contribution in [2.45, 2.75) is 11.4 Å². The van der Waals surface area contributed by atoms with E-state index in [2.05, 4.69) is 26.6 Å². The predicted molar refractivity (Wildman–Crippen MR) is 152 cm³/mol. The number of rotatable bonds is 9. The summed E-state index contributed by atoms with van der Waals surface area (Å²) in [5.74, 6) is -0.0117. The second-order valence-electron chi connectivity index (χ2n) is 8.42. The Labute approximate surface area is 237 Å². The number of nitrogens with one attached hydrogen (secondary N) is 2. The molecule has 3 amide bonds. The maximum atomic E-state index is 13.5. The quantitative estimate of drug-likeness (QED) is 0.217. The van der Waals surface area contributed by atoms with Crippen molar-refractivity contribution >= 4 is 56.8 Å². The Kier molecular flexibility index (Phi) is 7.85. The van der Waals surface area contributed by atoms with Gasteiger partial charge >= 0.3 is 0 Å². The summed E-state index contributed by atoms with van der Waals surface area (Å²) in [5, 5.41) is 5.99. The molecule has 1 aromatic heterocycles. The highest BCUT2D eigenvalue weighted by Gasteiger charge is 2.39. The van der Waals surface area contributed by atoms with Crippen LogP contribution in [0.5, 0.6) is 5.75 Å². The first-order valence-electron chi connectivity index (χ1n) is 11.8. The van der Waals surface area contributed by atoms with Gasteiger partial charge in [-0.1, -0.05) is 33.8 Å². The standard InChI is InChI=1S/C29H22BrN3O5S/c1-37-22-13-11-20(12-14-22)31-25-26(29(36)33(28(25)35)17-23-5-3-15-38-23)39-24-6-2-4-21(16-24)32-27(34)18-7-9-19(30)10-8-18/h2-16,31H,17H2,1H3,(H,32,34). The van der Waals surface area contributed by atoms with E-state index in [0.717, 1.165) is 21.1 Å². The van der Waals surface area contributed by atoms with Crippen LogP contribution < -0.4 is 15.4 Å². The van der Waals surface area contributed by atoms with E-state index in [1.807, 2.05) is 6.07 Å². The summed E-state index contributed by atoms with van der Waals surface area (Å²) >= 11 is 4.51. The normalized spacial score (nSPS) is 13.1. The molecule has 0 aliphatic carbocycles. The van der Waals surface area contributed by atoms with Crippen molar-refractivity contribution in [2.75, 3.05) is 17.7 Å². The van der Waals surface area contributed by atoms with E-state index in [1.165, 1.54) is 6.26 Å². The maximum absolute atomic E-state index is 13.5. The topological polar surface area (TPSA) is 101 Å². The first-order chi connectivity index (χ1) is 18.9. The van der Waals surface area contributed by atoms with Gasteiger partial charge in [-0.05, 0) is 78.9 Å². The number of carbonyl (C=O) groups excluding carboxylic acids is 3. The van der Waals surface area contributed by atoms with Crippen molar-refractivity contribution in [3.8, 4) is 5.75 Å². The number of benzene rings is 3. The lowest BCUT2D eigenvalue weighted by molar-refractivity contribution is -0.138. The molecule has 5 rings (SSSR count). The van der Waals surface area contributed by atoms with Crippen LogP contribution in [0.3, 0.4) is 0 Å². The summed E-state index contributed by atoms with van der Waals surface area (Å²) in [4.78, 5) is 41.6. The molecule has 0 spiro atoms. The van der Waals surface area contributed by atoms with Gasteiger partial charge in [-0.15, -0.1) is 0 Å². The predicted octanol–water partition coefficient (Wildman–Crippen LogP) is 6.29. The Morgan fingerprint density at radius 1 is 0.949 bits per heavy atom. The summed E-state index contributed by atoms with van der Waals surface area (Å²) in [7, 11) is 1.57. The lowest BCUT2D eigenvalue weighted by atomic mass is 10.2. The van der Waals surface area contributed by atoms with E-state index in [0.29, 0.717) is 33.3 Å². The van der Waals surface area contributed by atoms with Crippen molar-refractivity contribution in [3.63, 3.8) is 0 Å². The number of methoxy groups -OCH3 is 1. The molecule has 0 fully saturated rings. The smallest absolute Gasteiger partial charge is 0.278 e. The molecule has 2 N–H and O–H groups in total. The van der Waals surface area contributed by atoms with E-state index in [-0.39, 0.29) is 23.1 Å². The molecule has 39 heavy (non-hydrogen) atoms. The number of hydrogen-bond donors (Lipinski definition) is 2. The number of carbonyl (C=O) groups is 3. The first-order valence-corrected chi connectivity index (χ1v) is 13.4. The summed E-state index contributed by atoms with van der Waals surface area (Å²) in [6, 6.07) is 24.6. The number of thioether (sulfide) groups is 1. The highest BCUT2D eigenvalue weighted by molar-refractivity contribution is 9.10. The maximum Gasteiger partial charge on any atom is 0.278 e. The van der Waals surface area contributed by atoms with Gasteiger partial charge in [0, 0.05) is 26.3 Å². The molecule has 4 aromatic rings. The minimum absolute atomic E-state index is 0.00576. The second-order valence-corrected chi connectivity index (χ2v) is 10.4. The van der Waals surface area contributed by atoms with Crippen molar-refractivity contribution in [1.29, 1.82) is 0 Å². The fourth-order valence-electron chi connectivity index (χ4n) is 3.84. The molecule has 3 aromatic carbocycles. The highest BCUT2D eigenvalue weighted by atomic mass is 79.9. The molecule has 0 unspecified atom stereocenters. The molecule has 0 radical (unpaired) electrons. The average molecular weight is 604 g/mol. The molecule has 10 heteroatoms. The lowest BCUT2D eigenvalue weighted by Gasteiger charge is -2.13. The Morgan fingerprint density at radius 2 is 1.72 bits per heavy atom. The van der Waals surface area contributed by atoms with Crippen LogP contribution in [0.4, 0.5) is 11.4 Å². The molecule has 0 atom stereocenters. The summed E-state index contributed by atoms with van der Waals surface area (Å²) in [5.41, 5.74) is 1.85. The molecular formula is C29H22BrN3O5S. The van der Waals surface area contributed by atoms with Crippen LogP contribution >= 0.6 is 27.7 Å². The fourth-order valence-corrected chi connectivity index (χ4v) is 5.11. The lowest BCUT2D eigenvalue weighted by Crippen LogP contribution is -2.31. The van der Waals surface area contributed by atoms with E-state index in [4.69, 9.17) is 9.15 Å². The number of furan rings is 1. The molecule has 0 bridgehead atoms. The fraction of sp³-hybridized carbons (Fsp3) is 0.0690. The average Bonchev–Trinajstić information content (AvgIpc) is 3.53. The number of halogens is 1. The SMILES string of the molecule is COc1ccc(NC2=C(Sc3cccc(NC(=O)c4ccc(Br)cc4)c3)C(=O)N(Cc3ccco3)C2=O)cc1. The Morgan fingerprint density at radius 3 is 2.41 bits per heavy atom. The molecular weight excluding hydrogens is 582 g/mol. The number of nitrogens with zero attached hydrogens (tertiary/aromatic N) is 1. The van der Waals surface area contributed by atoms with E-state index >= 15 is 0 Å². The number of ether oxygens (including phenoxy) is 1. The van der Waals surface area contributed by atoms with Crippen molar-refractivity contribution in [1.82, 2.24) is 4.90 Å². The van der Waals surface area contributed by atoms with Gasteiger partial charge in [0.05, 0.1) is 19.9 Å². The van der Waals surface area contributed by atoms with Crippen LogP contribution in [0.15, 0.2) is 116 Å². The molecule has 0 saturated heterocycles. The minimum Gasteiger partial charge on any atom is -0.497 e. The summed E-state index contributed by atoms with van der Waals surface area (Å²) < 4.78 is 11.5. The molecule has 0 saturated carbocycles. The highest BCUT2D eigenvalue weighted by Crippen LogP contribution is 2.37. The van der Waals surface area contributed by atoms with Crippen LogP contribution in [-0.4, -0.2) is 29.7 Å². The molecule has 1 aliphatic heterocycles. The van der Waals surface area contributed by atoms with E-state index in [9.17, 15) is 14.4 Å². The number of amides is 3. The monoisotopic (exact) mass is 603 g/mol. The van der Waals surface area contributed by atoms with Crippen molar-refractivity contribution in [3.05, 3.63) is 118 Å². The Bertz CT molecular complexity index is 1550. The second kappa shape index (κ2) is 11.6. The molecule has 2 heterocycles. The van der Waals surface area contributed by atoms with Crippen LogP contribution in [0, 0.1) is 0 Å². The number of hydrogen-bond acceptors (Lipinski definition) is 7. The third kappa shape index (κ3) is 6.08. The van der Waals surface area contributed by atoms with Gasteiger partial charge in [-0.25, -0.2) is 0 Å². The van der Waals surface area contributed by atoms with Gasteiger partial charge in [0.1, 0.15) is 22.1 Å². The van der Waals surface area contributed by atoms with Gasteiger partial charge in [0.25, 0.3) is 17.7 Å². The van der Waals surface area contributed by atoms with Crippen molar-refractivity contribution < 1.29 is 23.5 Å². The van der Waals surface area contributed by atoms with Crippen LogP contribution in [0.1, 0.15) is 16.1 Å². The molecule has 196 valence electrons. The zero-order chi connectivity index (χ0) is 27.4. The Hall–Kier alpha value is -4.28. The largest absolute Gasteiger partial charge is 0.497 e. The third-order valence-corrected chi connectivity index (χ3v) is 7.40. The summed E-state index contributed by atoms with van der Waals surface area (Å²) in [6.45, 7) is 0.00576. The zero-order valence-electron chi connectivity index (χ0n) is 20.6. The van der Waals surface area contributed by atoms with Gasteiger partial charge in [-0.2, -0.15) is 0 Å². The molecule has 1 aliphatic rings. The number of imide groups is 1. The van der Waals surface area contributed by atoms with Crippen molar-refractivity contribution in [2.24, 2.45) is 0 Å².